The molecule has 0 saturated heterocycles. The molecule has 3 heteroatoms. The summed E-state index contributed by atoms with van der Waals surface area (Å²) in [5, 5.41) is 3.53. The molecule has 1 atom stereocenters. The summed E-state index contributed by atoms with van der Waals surface area (Å²) in [7, 11) is 0. The topological polar surface area (TPSA) is 26.0 Å². The summed E-state index contributed by atoms with van der Waals surface area (Å²) in [5.41, 5.74) is 11.7. The third-order valence-electron chi connectivity index (χ3n) is 5.30. The van der Waals surface area contributed by atoms with E-state index >= 15 is 0 Å². The monoisotopic (exact) mass is 306 g/mol. The molecule has 22 heavy (non-hydrogen) atoms. The Hall–Kier alpha value is -1.77. The summed E-state index contributed by atoms with van der Waals surface area (Å²) in [6.07, 6.45) is 0.197. The highest BCUT2D eigenvalue weighted by molar-refractivity contribution is 7.26. The molecule has 4 rings (SSSR count). The van der Waals surface area contributed by atoms with Crippen LogP contribution in [0.2, 0.25) is 11.3 Å². The van der Waals surface area contributed by atoms with Crippen LogP contribution in [0.15, 0.2) is 54.6 Å². The van der Waals surface area contributed by atoms with E-state index in [0.717, 1.165) is 11.3 Å². The van der Waals surface area contributed by atoms with Crippen molar-refractivity contribution < 1.29 is 0 Å². The van der Waals surface area contributed by atoms with Crippen LogP contribution in [-0.2, 0) is 0 Å². The second kappa shape index (κ2) is 4.87. The molecule has 1 aliphatic rings. The van der Waals surface area contributed by atoms with Crippen molar-refractivity contribution in [1.29, 1.82) is 0 Å². The highest BCUT2D eigenvalue weighted by atomic mass is 35.5. The Labute approximate surface area is 136 Å². The molecule has 1 aliphatic heterocycles. The zero-order chi connectivity index (χ0) is 15.3. The van der Waals surface area contributed by atoms with E-state index in [1.165, 1.54) is 32.7 Å². The van der Waals surface area contributed by atoms with E-state index in [2.05, 4.69) is 49.4 Å². The number of benzene rings is 3. The number of aryl methyl sites for hydroxylation is 1. The van der Waals surface area contributed by atoms with Crippen molar-refractivity contribution in [2.45, 2.75) is 13.2 Å². The van der Waals surface area contributed by atoms with Crippen LogP contribution in [-0.4, -0.2) is 12.7 Å². The van der Waals surface area contributed by atoms with Crippen LogP contribution >= 0.6 is 11.6 Å². The fraction of sp³-hybridized carbons (Fsp3) is 0.158. The lowest BCUT2D eigenvalue weighted by Crippen LogP contribution is -2.45. The van der Waals surface area contributed by atoms with Gasteiger partial charge in [0.05, 0.1) is 6.15 Å². The van der Waals surface area contributed by atoms with E-state index in [4.69, 9.17) is 17.3 Å². The average molecular weight is 307 g/mol. The van der Waals surface area contributed by atoms with E-state index < -0.39 is 6.15 Å². The van der Waals surface area contributed by atoms with Gasteiger partial charge in [-0.1, -0.05) is 59.5 Å². The number of hydrogen-bond acceptors (Lipinski definition) is 1. The van der Waals surface area contributed by atoms with Gasteiger partial charge in [0.2, 0.25) is 0 Å². The summed E-state index contributed by atoms with van der Waals surface area (Å²) < 4.78 is 0. The Bertz CT molecular complexity index is 872. The van der Waals surface area contributed by atoms with Crippen LogP contribution in [0.1, 0.15) is 5.56 Å². The summed E-state index contributed by atoms with van der Waals surface area (Å²) in [6.45, 7) is 2.90. The van der Waals surface area contributed by atoms with Crippen LogP contribution in [0.3, 0.4) is 0 Å². The molecule has 0 aliphatic carbocycles. The fourth-order valence-corrected chi connectivity index (χ4v) is 4.40. The van der Waals surface area contributed by atoms with E-state index in [1.807, 2.05) is 12.1 Å². The lowest BCUT2D eigenvalue weighted by atomic mass is 9.30. The predicted molar refractivity (Wildman–Crippen MR) is 98.7 cm³/mol. The first-order valence-corrected chi connectivity index (χ1v) is 8.23. The largest absolute Gasteiger partial charge is 0.334 e. The van der Waals surface area contributed by atoms with E-state index in [9.17, 15) is 0 Å². The quantitative estimate of drug-likeness (QED) is 0.740. The Morgan fingerprint density at radius 1 is 1.00 bits per heavy atom. The molecule has 0 fully saturated rings. The average Bonchev–Trinajstić information content (AvgIpc) is 3.17. The molecular formula is C19H18BClN-. The number of hydrogen-bond donors (Lipinski definition) is 1. The molecular weight excluding hydrogens is 288 g/mol. The Morgan fingerprint density at radius 2 is 1.68 bits per heavy atom. The summed E-state index contributed by atoms with van der Waals surface area (Å²) in [4.78, 5) is 0. The second-order valence-electron chi connectivity index (χ2n) is 6.42. The smallest absolute Gasteiger partial charge is 0.0759 e. The number of fused-ring (bicyclic) bond motifs is 3. The first-order valence-electron chi connectivity index (χ1n) is 7.85. The maximum absolute atomic E-state index is 6.07. The first kappa shape index (κ1) is 13.9. The van der Waals surface area contributed by atoms with Crippen molar-refractivity contribution in [3.05, 3.63) is 65.2 Å². The Balaban J connectivity index is 1.98. The predicted octanol–water partition coefficient (Wildman–Crippen LogP) is 2.54. The Morgan fingerprint density at radius 3 is 2.36 bits per heavy atom. The van der Waals surface area contributed by atoms with Crippen molar-refractivity contribution >= 4 is 44.9 Å². The van der Waals surface area contributed by atoms with E-state index in [0.29, 0.717) is 6.54 Å². The molecule has 110 valence electrons. The maximum atomic E-state index is 6.07. The molecule has 0 spiro atoms. The van der Waals surface area contributed by atoms with Crippen LogP contribution in [0.4, 0.5) is 0 Å². The molecule has 0 saturated carbocycles. The molecule has 1 heterocycles. The summed E-state index contributed by atoms with van der Waals surface area (Å²) in [6, 6.07) is 19.4. The molecule has 1 unspecified atom stereocenters. The molecule has 0 bridgehead atoms. The van der Waals surface area contributed by atoms with Crippen molar-refractivity contribution in [2.75, 3.05) is 6.54 Å². The zero-order valence-electron chi connectivity index (χ0n) is 12.6. The van der Waals surface area contributed by atoms with E-state index in [1.54, 1.807) is 0 Å². The maximum Gasteiger partial charge on any atom is 0.0759 e. The van der Waals surface area contributed by atoms with Gasteiger partial charge in [0, 0.05) is 5.02 Å². The number of rotatable bonds is 3. The summed E-state index contributed by atoms with van der Waals surface area (Å²) in [5.74, 6) is 0. The highest BCUT2D eigenvalue weighted by Gasteiger charge is 2.43. The summed E-state index contributed by atoms with van der Waals surface area (Å²) >= 11 is 6.07. The fourth-order valence-electron chi connectivity index (χ4n) is 4.28. The van der Waals surface area contributed by atoms with E-state index in [-0.39, 0.29) is 0 Å². The second-order valence-corrected chi connectivity index (χ2v) is 6.85. The van der Waals surface area contributed by atoms with Crippen LogP contribution in [0, 0.1) is 6.92 Å². The third-order valence-corrected chi connectivity index (χ3v) is 5.56. The van der Waals surface area contributed by atoms with Gasteiger partial charge in [0.1, 0.15) is 0 Å². The molecule has 0 aromatic heterocycles. The van der Waals surface area contributed by atoms with Crippen molar-refractivity contribution in [2.24, 2.45) is 5.73 Å². The van der Waals surface area contributed by atoms with Crippen molar-refractivity contribution in [3.8, 4) is 0 Å². The highest BCUT2D eigenvalue weighted by Crippen LogP contribution is 2.29. The minimum absolute atomic E-state index is 0.699. The number of halogens is 1. The van der Waals surface area contributed by atoms with Crippen LogP contribution in [0.5, 0.6) is 0 Å². The van der Waals surface area contributed by atoms with Gasteiger partial charge in [0.25, 0.3) is 0 Å². The van der Waals surface area contributed by atoms with Gasteiger partial charge in [0.15, 0.2) is 0 Å². The van der Waals surface area contributed by atoms with Gasteiger partial charge < -0.3 is 5.73 Å². The van der Waals surface area contributed by atoms with Crippen LogP contribution < -0.4 is 22.1 Å². The van der Waals surface area contributed by atoms with Gasteiger partial charge >= 0.3 is 0 Å². The van der Waals surface area contributed by atoms with Gasteiger partial charge in [-0.25, -0.2) is 16.4 Å². The third kappa shape index (κ3) is 1.78. The number of nitrogens with two attached hydrogens (primary N) is 1. The minimum atomic E-state index is -0.807. The minimum Gasteiger partial charge on any atom is -0.334 e. The SMILES string of the molecule is Cc1cc2c(c3ccccc13)[B-]2(CCN)c1ccc(Cl)cc1. The molecule has 1 nitrogen and oxygen atoms in total. The van der Waals surface area contributed by atoms with Crippen molar-refractivity contribution in [1.82, 2.24) is 0 Å². The first-order chi connectivity index (χ1) is 10.7. The lowest BCUT2D eigenvalue weighted by Gasteiger charge is -2.23. The molecule has 3 aromatic rings. The normalized spacial score (nSPS) is 19.2. The van der Waals surface area contributed by atoms with Crippen LogP contribution in [0.25, 0.3) is 10.8 Å². The standard InChI is InChI=1S/C19H18BClN/c1-13-12-18-19(17-5-3-2-4-16(13)17)20(18,10-11-22)14-6-8-15(21)9-7-14/h2-9,12H,10-11,22H2,1H3/q-1. The lowest BCUT2D eigenvalue weighted by molar-refractivity contribution is 1.11. The molecule has 0 amide bonds. The van der Waals surface area contributed by atoms with Crippen molar-refractivity contribution in [3.63, 3.8) is 0 Å². The van der Waals surface area contributed by atoms with Gasteiger partial charge in [-0.05, 0) is 36.6 Å². The molecule has 3 aromatic carbocycles. The van der Waals surface area contributed by atoms with Gasteiger partial charge in [-0.3, -0.25) is 0 Å². The zero-order valence-corrected chi connectivity index (χ0v) is 13.4. The van der Waals surface area contributed by atoms with Gasteiger partial charge in [-0.2, -0.15) is 6.32 Å². The van der Waals surface area contributed by atoms with Gasteiger partial charge in [-0.15, -0.1) is 0 Å². The molecule has 0 radical (unpaired) electrons. The molecule has 2 N–H and O–H groups in total. The Kier molecular flexibility index (Phi) is 3.07.